The fraction of sp³-hybridized carbons (Fsp3) is 0.250. The number of sulfonamides is 1. The van der Waals surface area contributed by atoms with Crippen molar-refractivity contribution in [3.05, 3.63) is 71.6 Å². The fourth-order valence-electron chi connectivity index (χ4n) is 3.54. The zero-order valence-corrected chi connectivity index (χ0v) is 19.4. The molecule has 1 fully saturated rings. The summed E-state index contributed by atoms with van der Waals surface area (Å²) < 4.78 is 27.5. The lowest BCUT2D eigenvalue weighted by molar-refractivity contribution is 0.424. The van der Waals surface area contributed by atoms with E-state index in [9.17, 15) is 8.42 Å². The average Bonchev–Trinajstić information content (AvgIpc) is 3.11. The van der Waals surface area contributed by atoms with Crippen molar-refractivity contribution < 1.29 is 8.42 Å². The van der Waals surface area contributed by atoms with Crippen molar-refractivity contribution in [2.24, 2.45) is 5.10 Å². The van der Waals surface area contributed by atoms with Gasteiger partial charge in [-0.1, -0.05) is 61.4 Å². The number of hydrogen-bond acceptors (Lipinski definition) is 6. The Hall–Kier alpha value is -2.81. The maximum atomic E-state index is 12.9. The second kappa shape index (κ2) is 10.7. The lowest BCUT2D eigenvalue weighted by Crippen LogP contribution is -2.31. The number of rotatable bonds is 7. The number of benzene rings is 2. The van der Waals surface area contributed by atoms with Crippen LogP contribution in [0.4, 0.5) is 5.13 Å². The monoisotopic (exact) mass is 466 g/mol. The largest absolute Gasteiger partial charge is 0.253 e. The van der Waals surface area contributed by atoms with Crippen molar-refractivity contribution in [1.29, 1.82) is 0 Å². The van der Waals surface area contributed by atoms with Crippen molar-refractivity contribution in [2.45, 2.75) is 30.6 Å². The molecule has 3 aromatic rings. The molecule has 1 aliphatic heterocycles. The predicted molar refractivity (Wildman–Crippen MR) is 132 cm³/mol. The SMILES string of the molecule is O=S(=O)(c1ccc(-c2csc(NN=CC=Cc3ccccc3)n2)cc1)N1CCCCCC1. The van der Waals surface area contributed by atoms with Crippen LogP contribution in [0.2, 0.25) is 0 Å². The van der Waals surface area contributed by atoms with Crippen molar-refractivity contribution in [3.63, 3.8) is 0 Å². The molecule has 1 aliphatic rings. The van der Waals surface area contributed by atoms with Gasteiger partial charge in [-0.15, -0.1) is 11.3 Å². The van der Waals surface area contributed by atoms with E-state index in [0.717, 1.165) is 42.5 Å². The molecule has 1 N–H and O–H groups in total. The molecule has 166 valence electrons. The van der Waals surface area contributed by atoms with Crippen LogP contribution in [0.3, 0.4) is 0 Å². The van der Waals surface area contributed by atoms with E-state index in [-0.39, 0.29) is 0 Å². The highest BCUT2D eigenvalue weighted by molar-refractivity contribution is 7.89. The fourth-order valence-corrected chi connectivity index (χ4v) is 5.73. The van der Waals surface area contributed by atoms with Gasteiger partial charge in [0.2, 0.25) is 15.2 Å². The number of hydrazone groups is 1. The molecule has 1 aromatic heterocycles. The lowest BCUT2D eigenvalue weighted by atomic mass is 10.2. The quantitative estimate of drug-likeness (QED) is 0.369. The Morgan fingerprint density at radius 2 is 1.69 bits per heavy atom. The minimum Gasteiger partial charge on any atom is -0.253 e. The van der Waals surface area contributed by atoms with Crippen LogP contribution in [0.25, 0.3) is 17.3 Å². The number of anilines is 1. The number of thiazole rings is 1. The van der Waals surface area contributed by atoms with Crippen LogP contribution in [0.1, 0.15) is 31.2 Å². The van der Waals surface area contributed by atoms with Gasteiger partial charge in [0.15, 0.2) is 0 Å². The van der Waals surface area contributed by atoms with E-state index in [1.54, 1.807) is 22.7 Å². The Balaban J connectivity index is 1.37. The molecule has 2 aromatic carbocycles. The van der Waals surface area contributed by atoms with Crippen molar-refractivity contribution >= 4 is 38.8 Å². The number of allylic oxidation sites excluding steroid dienone is 1. The number of hydrogen-bond donors (Lipinski definition) is 1. The minimum absolute atomic E-state index is 0.339. The van der Waals surface area contributed by atoms with Crippen molar-refractivity contribution in [1.82, 2.24) is 9.29 Å². The number of nitrogens with zero attached hydrogens (tertiary/aromatic N) is 3. The van der Waals surface area contributed by atoms with Crippen LogP contribution in [0.5, 0.6) is 0 Å². The maximum absolute atomic E-state index is 12.9. The van der Waals surface area contributed by atoms with Crippen LogP contribution in [-0.4, -0.2) is 37.0 Å². The van der Waals surface area contributed by atoms with Gasteiger partial charge in [0.25, 0.3) is 0 Å². The summed E-state index contributed by atoms with van der Waals surface area (Å²) in [6, 6.07) is 17.0. The first-order valence-electron chi connectivity index (χ1n) is 10.7. The Kier molecular flexibility index (Phi) is 7.47. The van der Waals surface area contributed by atoms with E-state index in [1.165, 1.54) is 11.3 Å². The zero-order chi connectivity index (χ0) is 22.2. The molecule has 0 aliphatic carbocycles. The third-order valence-corrected chi connectivity index (χ3v) is 7.93. The van der Waals surface area contributed by atoms with Gasteiger partial charge < -0.3 is 0 Å². The maximum Gasteiger partial charge on any atom is 0.243 e. The lowest BCUT2D eigenvalue weighted by Gasteiger charge is -2.19. The molecule has 8 heteroatoms. The molecule has 0 saturated carbocycles. The Morgan fingerprint density at radius 1 is 0.969 bits per heavy atom. The van der Waals surface area contributed by atoms with E-state index >= 15 is 0 Å². The van der Waals surface area contributed by atoms with E-state index in [1.807, 2.05) is 60.0 Å². The standard InChI is InChI=1S/C24H26N4O2S2/c29-32(30,28-17-6-1-2-7-18-28)22-14-12-21(13-15-22)23-19-31-24(26-23)27-25-16-8-11-20-9-4-3-5-10-20/h3-5,8-16,19H,1-2,6-7,17-18H2,(H,26,27). The van der Waals surface area contributed by atoms with Gasteiger partial charge in [-0.25, -0.2) is 13.4 Å². The molecule has 32 heavy (non-hydrogen) atoms. The minimum atomic E-state index is -3.44. The van der Waals surface area contributed by atoms with Crippen LogP contribution in [0.15, 0.2) is 76.1 Å². The highest BCUT2D eigenvalue weighted by Crippen LogP contribution is 2.27. The molecule has 0 radical (unpaired) electrons. The summed E-state index contributed by atoms with van der Waals surface area (Å²) in [5.74, 6) is 0. The summed E-state index contributed by atoms with van der Waals surface area (Å²) in [7, 11) is -3.44. The molecule has 0 unspecified atom stereocenters. The highest BCUT2D eigenvalue weighted by atomic mass is 32.2. The molecule has 0 atom stereocenters. The second-order valence-corrected chi connectivity index (χ2v) is 10.3. The summed E-state index contributed by atoms with van der Waals surface area (Å²) in [5.41, 5.74) is 5.69. The van der Waals surface area contributed by atoms with Crippen LogP contribution in [0, 0.1) is 0 Å². The molecule has 0 bridgehead atoms. The van der Waals surface area contributed by atoms with E-state index in [4.69, 9.17) is 0 Å². The van der Waals surface area contributed by atoms with Crippen LogP contribution < -0.4 is 5.43 Å². The average molecular weight is 467 g/mol. The highest BCUT2D eigenvalue weighted by Gasteiger charge is 2.25. The summed E-state index contributed by atoms with van der Waals surface area (Å²) in [5, 5.41) is 6.77. The molecule has 0 amide bonds. The summed E-state index contributed by atoms with van der Waals surface area (Å²) in [6.45, 7) is 1.21. The van der Waals surface area contributed by atoms with Gasteiger partial charge in [0.1, 0.15) is 0 Å². The smallest absolute Gasteiger partial charge is 0.243 e. The first kappa shape index (κ1) is 22.4. The van der Waals surface area contributed by atoms with E-state index < -0.39 is 10.0 Å². The molecule has 6 nitrogen and oxygen atoms in total. The normalized spacial score (nSPS) is 15.9. The summed E-state index contributed by atoms with van der Waals surface area (Å²) in [6.07, 6.45) is 9.56. The molecular formula is C24H26N4O2S2. The summed E-state index contributed by atoms with van der Waals surface area (Å²) in [4.78, 5) is 4.88. The molecule has 0 spiro atoms. The molecule has 1 saturated heterocycles. The Morgan fingerprint density at radius 3 is 2.41 bits per heavy atom. The van der Waals surface area contributed by atoms with Crippen LogP contribution >= 0.6 is 11.3 Å². The van der Waals surface area contributed by atoms with Gasteiger partial charge >= 0.3 is 0 Å². The van der Waals surface area contributed by atoms with Crippen molar-refractivity contribution in [3.8, 4) is 11.3 Å². The number of aromatic nitrogens is 1. The first-order chi connectivity index (χ1) is 15.6. The third kappa shape index (κ3) is 5.70. The van der Waals surface area contributed by atoms with Crippen LogP contribution in [-0.2, 0) is 10.0 Å². The van der Waals surface area contributed by atoms with Gasteiger partial charge in [-0.05, 0) is 36.6 Å². The van der Waals surface area contributed by atoms with Crippen molar-refractivity contribution in [2.75, 3.05) is 18.5 Å². The second-order valence-electron chi connectivity index (χ2n) is 7.54. The van der Waals surface area contributed by atoms with Gasteiger partial charge in [-0.3, -0.25) is 5.43 Å². The third-order valence-electron chi connectivity index (χ3n) is 5.27. The molecule has 2 heterocycles. The first-order valence-corrected chi connectivity index (χ1v) is 13.0. The van der Waals surface area contributed by atoms with E-state index in [2.05, 4.69) is 15.5 Å². The van der Waals surface area contributed by atoms with Gasteiger partial charge in [0.05, 0.1) is 10.6 Å². The zero-order valence-electron chi connectivity index (χ0n) is 17.7. The Bertz CT molecular complexity index is 1160. The number of nitrogens with one attached hydrogen (secondary N) is 1. The molecular weight excluding hydrogens is 440 g/mol. The topological polar surface area (TPSA) is 74.7 Å². The molecule has 4 rings (SSSR count). The van der Waals surface area contributed by atoms with Gasteiger partial charge in [-0.2, -0.15) is 9.41 Å². The Labute approximate surface area is 193 Å². The predicted octanol–water partition coefficient (Wildman–Crippen LogP) is 5.49. The van der Waals surface area contributed by atoms with E-state index in [0.29, 0.717) is 23.1 Å². The van der Waals surface area contributed by atoms with Gasteiger partial charge in [0, 0.05) is 30.2 Å². The summed E-state index contributed by atoms with van der Waals surface area (Å²) >= 11 is 1.45.